The zero-order valence-electron chi connectivity index (χ0n) is 17.0. The minimum absolute atomic E-state index is 0.0594. The monoisotopic (exact) mass is 397 g/mol. The van der Waals surface area contributed by atoms with Crippen molar-refractivity contribution < 1.29 is 18.8 Å². The van der Waals surface area contributed by atoms with Gasteiger partial charge in [-0.3, -0.25) is 14.4 Å². The summed E-state index contributed by atoms with van der Waals surface area (Å²) in [5.41, 5.74) is 2.80. The summed E-state index contributed by atoms with van der Waals surface area (Å²) >= 11 is 0. The zero-order chi connectivity index (χ0) is 21.0. The lowest BCUT2D eigenvalue weighted by molar-refractivity contribution is -0.121. The van der Waals surface area contributed by atoms with Gasteiger partial charge in [-0.15, -0.1) is 0 Å². The van der Waals surface area contributed by atoms with Gasteiger partial charge in [-0.2, -0.15) is 0 Å². The molecular formula is C22H27N3O4. The highest BCUT2D eigenvalue weighted by Gasteiger charge is 2.28. The van der Waals surface area contributed by atoms with Gasteiger partial charge in [0.15, 0.2) is 0 Å². The van der Waals surface area contributed by atoms with Crippen molar-refractivity contribution in [2.75, 3.05) is 23.7 Å². The number of likely N-dealkylation sites (tertiary alicyclic amines) is 1. The molecular weight excluding hydrogens is 370 g/mol. The number of carbonyl (C=O) groups is 3. The molecule has 0 aliphatic carbocycles. The van der Waals surface area contributed by atoms with E-state index >= 15 is 0 Å². The lowest BCUT2D eigenvalue weighted by Gasteiger charge is -2.31. The van der Waals surface area contributed by atoms with Gasteiger partial charge in [-0.05, 0) is 43.5 Å². The highest BCUT2D eigenvalue weighted by atomic mass is 16.3. The van der Waals surface area contributed by atoms with Crippen LogP contribution in [0, 0.1) is 18.8 Å². The molecule has 0 spiro atoms. The smallest absolute Gasteiger partial charge is 0.257 e. The number of carbonyl (C=O) groups excluding carboxylic acids is 3. The minimum atomic E-state index is -0.156. The first-order valence-corrected chi connectivity index (χ1v) is 9.89. The Morgan fingerprint density at radius 2 is 1.83 bits per heavy atom. The van der Waals surface area contributed by atoms with E-state index in [1.54, 1.807) is 17.0 Å². The predicted molar refractivity (Wildman–Crippen MR) is 111 cm³/mol. The Bertz CT molecular complexity index is 881. The van der Waals surface area contributed by atoms with E-state index in [1.165, 1.54) is 12.5 Å². The van der Waals surface area contributed by atoms with Gasteiger partial charge in [0.05, 0.1) is 11.8 Å². The van der Waals surface area contributed by atoms with Crippen molar-refractivity contribution in [2.45, 2.75) is 33.6 Å². The molecule has 1 aliphatic rings. The van der Waals surface area contributed by atoms with Crippen molar-refractivity contribution >= 4 is 29.1 Å². The molecule has 154 valence electrons. The van der Waals surface area contributed by atoms with Gasteiger partial charge in [0.25, 0.3) is 5.91 Å². The Morgan fingerprint density at radius 3 is 2.45 bits per heavy atom. The van der Waals surface area contributed by atoms with Crippen LogP contribution in [-0.2, 0) is 9.59 Å². The average Bonchev–Trinajstić information content (AvgIpc) is 3.24. The van der Waals surface area contributed by atoms with Crippen LogP contribution < -0.4 is 10.6 Å². The first-order chi connectivity index (χ1) is 13.8. The second-order valence-electron chi connectivity index (χ2n) is 7.74. The molecule has 0 saturated carbocycles. The van der Waals surface area contributed by atoms with Crippen LogP contribution in [-0.4, -0.2) is 35.7 Å². The Balaban J connectivity index is 1.58. The van der Waals surface area contributed by atoms with Crippen LogP contribution in [0.5, 0.6) is 0 Å². The maximum Gasteiger partial charge on any atom is 0.257 e. The summed E-state index contributed by atoms with van der Waals surface area (Å²) in [6.45, 7) is 6.64. The standard InChI is InChI=1S/C22H27N3O4/c1-14(2)20(26)23-18-5-4-15(3)19(12-18)24-21(27)16-6-9-25(10-7-16)22(28)17-8-11-29-13-17/h4-5,8,11-14,16H,6-7,9-10H2,1-3H3,(H,23,26)(H,24,27). The molecule has 0 radical (unpaired) electrons. The second-order valence-corrected chi connectivity index (χ2v) is 7.74. The molecule has 0 unspecified atom stereocenters. The molecule has 7 heteroatoms. The normalized spacial score (nSPS) is 14.7. The van der Waals surface area contributed by atoms with E-state index in [0.717, 1.165) is 5.56 Å². The van der Waals surface area contributed by atoms with Crippen molar-refractivity contribution in [2.24, 2.45) is 11.8 Å². The number of rotatable bonds is 5. The van der Waals surface area contributed by atoms with Crippen molar-refractivity contribution in [1.29, 1.82) is 0 Å². The molecule has 1 aliphatic heterocycles. The number of piperidine rings is 1. The number of hydrogen-bond donors (Lipinski definition) is 2. The number of nitrogens with one attached hydrogen (secondary N) is 2. The molecule has 2 aromatic rings. The molecule has 0 bridgehead atoms. The van der Waals surface area contributed by atoms with Crippen LogP contribution in [0.25, 0.3) is 0 Å². The molecule has 1 fully saturated rings. The Morgan fingerprint density at radius 1 is 1.10 bits per heavy atom. The third kappa shape index (κ3) is 5.04. The number of furan rings is 1. The summed E-state index contributed by atoms with van der Waals surface area (Å²) in [7, 11) is 0. The van der Waals surface area contributed by atoms with E-state index in [9.17, 15) is 14.4 Å². The topological polar surface area (TPSA) is 91.7 Å². The van der Waals surface area contributed by atoms with Crippen LogP contribution in [0.1, 0.15) is 42.6 Å². The Labute approximate surface area is 170 Å². The lowest BCUT2D eigenvalue weighted by atomic mass is 9.95. The number of benzene rings is 1. The average molecular weight is 397 g/mol. The van der Waals surface area contributed by atoms with Crippen LogP contribution in [0.4, 0.5) is 11.4 Å². The van der Waals surface area contributed by atoms with Crippen LogP contribution in [0.3, 0.4) is 0 Å². The number of aryl methyl sites for hydroxylation is 1. The summed E-state index contributed by atoms with van der Waals surface area (Å²) in [5.74, 6) is -0.473. The summed E-state index contributed by atoms with van der Waals surface area (Å²) in [4.78, 5) is 38.8. The number of nitrogens with zero attached hydrogens (tertiary/aromatic N) is 1. The summed E-state index contributed by atoms with van der Waals surface area (Å²) in [6, 6.07) is 7.13. The highest BCUT2D eigenvalue weighted by Crippen LogP contribution is 2.25. The van der Waals surface area contributed by atoms with Gasteiger partial charge in [0.1, 0.15) is 6.26 Å². The van der Waals surface area contributed by atoms with E-state index in [0.29, 0.717) is 42.9 Å². The molecule has 1 aromatic carbocycles. The first kappa shape index (κ1) is 20.6. The van der Waals surface area contributed by atoms with Crippen molar-refractivity contribution in [3.63, 3.8) is 0 Å². The lowest BCUT2D eigenvalue weighted by Crippen LogP contribution is -2.41. The summed E-state index contributed by atoms with van der Waals surface area (Å²) < 4.78 is 4.97. The third-order valence-corrected chi connectivity index (χ3v) is 5.21. The van der Waals surface area contributed by atoms with Crippen LogP contribution >= 0.6 is 0 Å². The number of hydrogen-bond acceptors (Lipinski definition) is 4. The quantitative estimate of drug-likeness (QED) is 0.805. The van der Waals surface area contributed by atoms with Gasteiger partial charge in [-0.1, -0.05) is 19.9 Å². The van der Waals surface area contributed by atoms with Gasteiger partial charge in [0.2, 0.25) is 11.8 Å². The van der Waals surface area contributed by atoms with Gasteiger partial charge >= 0.3 is 0 Å². The van der Waals surface area contributed by atoms with Gasteiger partial charge < -0.3 is 20.0 Å². The summed E-state index contributed by atoms with van der Waals surface area (Å²) in [6.07, 6.45) is 4.14. The van der Waals surface area contributed by atoms with E-state index in [4.69, 9.17) is 4.42 Å². The molecule has 3 rings (SSSR count). The Hall–Kier alpha value is -3.09. The Kier molecular flexibility index (Phi) is 6.36. The van der Waals surface area contributed by atoms with E-state index in [1.807, 2.05) is 32.9 Å². The van der Waals surface area contributed by atoms with Crippen molar-refractivity contribution in [3.8, 4) is 0 Å². The maximum atomic E-state index is 12.7. The molecule has 2 N–H and O–H groups in total. The highest BCUT2D eigenvalue weighted by molar-refractivity contribution is 5.97. The molecule has 2 heterocycles. The fourth-order valence-corrected chi connectivity index (χ4v) is 3.27. The number of amides is 3. The molecule has 29 heavy (non-hydrogen) atoms. The predicted octanol–water partition coefficient (Wildman–Crippen LogP) is 3.67. The fraction of sp³-hybridized carbons (Fsp3) is 0.409. The maximum absolute atomic E-state index is 12.7. The molecule has 1 aromatic heterocycles. The van der Waals surface area contributed by atoms with Gasteiger partial charge in [0, 0.05) is 36.3 Å². The summed E-state index contributed by atoms with van der Waals surface area (Å²) in [5, 5.41) is 5.84. The molecule has 0 atom stereocenters. The van der Waals surface area contributed by atoms with Crippen molar-refractivity contribution in [1.82, 2.24) is 4.90 Å². The third-order valence-electron chi connectivity index (χ3n) is 5.21. The number of anilines is 2. The largest absolute Gasteiger partial charge is 0.472 e. The zero-order valence-corrected chi connectivity index (χ0v) is 17.0. The minimum Gasteiger partial charge on any atom is -0.472 e. The van der Waals surface area contributed by atoms with E-state index < -0.39 is 0 Å². The fourth-order valence-electron chi connectivity index (χ4n) is 3.27. The SMILES string of the molecule is Cc1ccc(NC(=O)C(C)C)cc1NC(=O)C1CCN(C(=O)c2ccoc2)CC1. The van der Waals surface area contributed by atoms with Crippen molar-refractivity contribution in [3.05, 3.63) is 47.9 Å². The molecule has 7 nitrogen and oxygen atoms in total. The van der Waals surface area contributed by atoms with Gasteiger partial charge in [-0.25, -0.2) is 0 Å². The molecule has 1 saturated heterocycles. The first-order valence-electron chi connectivity index (χ1n) is 9.89. The van der Waals surface area contributed by atoms with Crippen LogP contribution in [0.2, 0.25) is 0 Å². The second kappa shape index (κ2) is 8.94. The van der Waals surface area contributed by atoms with E-state index in [-0.39, 0.29) is 29.6 Å². The molecule has 3 amide bonds. The van der Waals surface area contributed by atoms with E-state index in [2.05, 4.69) is 10.6 Å². The van der Waals surface area contributed by atoms with Crippen LogP contribution in [0.15, 0.2) is 41.2 Å².